The summed E-state index contributed by atoms with van der Waals surface area (Å²) < 4.78 is 26.7. The van der Waals surface area contributed by atoms with Crippen molar-refractivity contribution in [3.63, 3.8) is 0 Å². The number of aromatic amines is 1. The molecule has 0 bridgehead atoms. The average Bonchev–Trinajstić information content (AvgIpc) is 3.08. The first-order chi connectivity index (χ1) is 14.4. The van der Waals surface area contributed by atoms with Crippen molar-refractivity contribution >= 4 is 32.9 Å². The monoisotopic (exact) mass is 423 g/mol. The molecule has 4 rings (SSSR count). The Kier molecular flexibility index (Phi) is 5.74. The minimum Gasteiger partial charge on any atom is -0.358 e. The van der Waals surface area contributed by atoms with Crippen molar-refractivity contribution in [2.45, 2.75) is 13.3 Å². The van der Waals surface area contributed by atoms with Gasteiger partial charge in [0.05, 0.1) is 6.42 Å². The van der Waals surface area contributed by atoms with Gasteiger partial charge in [-0.25, -0.2) is 8.42 Å². The maximum atomic E-state index is 12.9. The summed E-state index contributed by atoms with van der Waals surface area (Å²) >= 11 is 0. The number of amides is 1. The van der Waals surface area contributed by atoms with Gasteiger partial charge in [-0.2, -0.15) is 4.31 Å². The van der Waals surface area contributed by atoms with Crippen molar-refractivity contribution in [3.8, 4) is 0 Å². The third-order valence-electron chi connectivity index (χ3n) is 5.54. The SMILES string of the molecule is Cc1[nH]c2ccccc2c1CC(=O)N1CCN(S(=O)(=O)/C=C/c2ccccc2)CC1. The Morgan fingerprint density at radius 2 is 1.67 bits per heavy atom. The minimum atomic E-state index is -3.51. The number of rotatable bonds is 5. The Labute approximate surface area is 176 Å². The quantitative estimate of drug-likeness (QED) is 0.685. The molecule has 0 radical (unpaired) electrons. The van der Waals surface area contributed by atoms with Crippen LogP contribution in [0.3, 0.4) is 0 Å². The van der Waals surface area contributed by atoms with E-state index in [-0.39, 0.29) is 5.91 Å². The number of sulfonamides is 1. The Balaban J connectivity index is 1.38. The van der Waals surface area contributed by atoms with E-state index in [1.807, 2.05) is 61.5 Å². The number of hydrogen-bond acceptors (Lipinski definition) is 3. The number of nitrogens with one attached hydrogen (secondary N) is 1. The zero-order chi connectivity index (χ0) is 21.1. The molecule has 7 heteroatoms. The fraction of sp³-hybridized carbons (Fsp3) is 0.261. The molecule has 0 spiro atoms. The van der Waals surface area contributed by atoms with Gasteiger partial charge in [0.25, 0.3) is 0 Å². The van der Waals surface area contributed by atoms with E-state index in [0.717, 1.165) is 27.7 Å². The van der Waals surface area contributed by atoms with E-state index in [1.54, 1.807) is 11.0 Å². The van der Waals surface area contributed by atoms with E-state index in [0.29, 0.717) is 32.6 Å². The van der Waals surface area contributed by atoms with Crippen molar-refractivity contribution in [2.24, 2.45) is 0 Å². The largest absolute Gasteiger partial charge is 0.358 e. The second-order valence-electron chi connectivity index (χ2n) is 7.49. The minimum absolute atomic E-state index is 0.0275. The number of carbonyl (C=O) groups is 1. The summed E-state index contributed by atoms with van der Waals surface area (Å²) in [6.45, 7) is 3.39. The second kappa shape index (κ2) is 8.45. The standard InChI is InChI=1S/C23H25N3O3S/c1-18-21(20-9-5-6-10-22(20)24-18)17-23(27)25-12-14-26(15-13-25)30(28,29)16-11-19-7-3-2-4-8-19/h2-11,16,24H,12-15,17H2,1H3/b16-11+. The molecule has 0 aliphatic carbocycles. The average molecular weight is 424 g/mol. The van der Waals surface area contributed by atoms with Crippen LogP contribution in [0.4, 0.5) is 0 Å². The fourth-order valence-electron chi connectivity index (χ4n) is 3.83. The van der Waals surface area contributed by atoms with Gasteiger partial charge in [-0.05, 0) is 30.2 Å². The highest BCUT2D eigenvalue weighted by molar-refractivity contribution is 7.92. The van der Waals surface area contributed by atoms with E-state index < -0.39 is 10.0 Å². The van der Waals surface area contributed by atoms with E-state index in [1.165, 1.54) is 9.71 Å². The molecule has 1 N–H and O–H groups in total. The maximum absolute atomic E-state index is 12.9. The molecule has 1 aromatic heterocycles. The third kappa shape index (κ3) is 4.32. The van der Waals surface area contributed by atoms with Crippen LogP contribution in [0.2, 0.25) is 0 Å². The molecule has 2 heterocycles. The van der Waals surface area contributed by atoms with Crippen LogP contribution >= 0.6 is 0 Å². The fourth-order valence-corrected chi connectivity index (χ4v) is 5.01. The number of carbonyl (C=O) groups excluding carboxylic acids is 1. The Morgan fingerprint density at radius 1 is 1.00 bits per heavy atom. The molecule has 1 aliphatic heterocycles. The van der Waals surface area contributed by atoms with Crippen LogP contribution in [-0.2, 0) is 21.2 Å². The van der Waals surface area contributed by atoms with Gasteiger partial charge in [0.2, 0.25) is 15.9 Å². The number of piperazine rings is 1. The second-order valence-corrected chi connectivity index (χ2v) is 9.31. The Hall–Kier alpha value is -2.90. The highest BCUT2D eigenvalue weighted by Crippen LogP contribution is 2.23. The molecule has 6 nitrogen and oxygen atoms in total. The lowest BCUT2D eigenvalue weighted by molar-refractivity contribution is -0.131. The topological polar surface area (TPSA) is 73.5 Å². The van der Waals surface area contributed by atoms with Crippen LogP contribution in [0.1, 0.15) is 16.8 Å². The molecule has 3 aromatic rings. The highest BCUT2D eigenvalue weighted by Gasteiger charge is 2.27. The molecule has 0 unspecified atom stereocenters. The van der Waals surface area contributed by atoms with E-state index >= 15 is 0 Å². The predicted octanol–water partition coefficient (Wildman–Crippen LogP) is 3.16. The molecular formula is C23H25N3O3S. The molecule has 2 aromatic carbocycles. The number of aryl methyl sites for hydroxylation is 1. The van der Waals surface area contributed by atoms with Crippen molar-refractivity contribution in [2.75, 3.05) is 26.2 Å². The molecule has 0 atom stereocenters. The number of hydrogen-bond donors (Lipinski definition) is 1. The summed E-state index contributed by atoms with van der Waals surface area (Å²) in [6, 6.07) is 17.3. The van der Waals surface area contributed by atoms with Gasteiger partial charge in [0.1, 0.15) is 0 Å². The van der Waals surface area contributed by atoms with Gasteiger partial charge in [-0.15, -0.1) is 0 Å². The zero-order valence-electron chi connectivity index (χ0n) is 16.9. The molecule has 1 amide bonds. The van der Waals surface area contributed by atoms with E-state index in [4.69, 9.17) is 0 Å². The zero-order valence-corrected chi connectivity index (χ0v) is 17.7. The summed E-state index contributed by atoms with van der Waals surface area (Å²) in [4.78, 5) is 17.9. The van der Waals surface area contributed by atoms with Crippen molar-refractivity contribution in [1.29, 1.82) is 0 Å². The molecule has 30 heavy (non-hydrogen) atoms. The van der Waals surface area contributed by atoms with Crippen LogP contribution in [-0.4, -0.2) is 54.7 Å². The smallest absolute Gasteiger partial charge is 0.236 e. The van der Waals surface area contributed by atoms with Crippen molar-refractivity contribution < 1.29 is 13.2 Å². The number of benzene rings is 2. The molecule has 0 saturated carbocycles. The molecular weight excluding hydrogens is 398 g/mol. The highest BCUT2D eigenvalue weighted by atomic mass is 32.2. The first-order valence-electron chi connectivity index (χ1n) is 10.0. The van der Waals surface area contributed by atoms with E-state index in [2.05, 4.69) is 4.98 Å². The number of para-hydroxylation sites is 1. The summed E-state index contributed by atoms with van der Waals surface area (Å²) in [5.74, 6) is 0.0275. The van der Waals surface area contributed by atoms with Crippen molar-refractivity contribution in [3.05, 3.63) is 76.8 Å². The number of H-pyrrole nitrogens is 1. The summed E-state index contributed by atoms with van der Waals surface area (Å²) in [5.41, 5.74) is 3.87. The van der Waals surface area contributed by atoms with Gasteiger partial charge in [-0.1, -0.05) is 48.5 Å². The van der Waals surface area contributed by atoms with Crippen LogP contribution < -0.4 is 0 Å². The lowest BCUT2D eigenvalue weighted by atomic mass is 10.1. The van der Waals surface area contributed by atoms with Gasteiger partial charge in [0, 0.05) is 48.2 Å². The van der Waals surface area contributed by atoms with E-state index in [9.17, 15) is 13.2 Å². The lowest BCUT2D eigenvalue weighted by Crippen LogP contribution is -2.50. The summed E-state index contributed by atoms with van der Waals surface area (Å²) in [5, 5.41) is 2.31. The molecule has 156 valence electrons. The van der Waals surface area contributed by atoms with Gasteiger partial charge in [-0.3, -0.25) is 4.79 Å². The Morgan fingerprint density at radius 3 is 2.40 bits per heavy atom. The van der Waals surface area contributed by atoms with Crippen LogP contribution in [0.15, 0.2) is 60.0 Å². The van der Waals surface area contributed by atoms with Gasteiger partial charge >= 0.3 is 0 Å². The normalized spacial score (nSPS) is 15.8. The van der Waals surface area contributed by atoms with Crippen LogP contribution in [0.25, 0.3) is 17.0 Å². The lowest BCUT2D eigenvalue weighted by Gasteiger charge is -2.33. The van der Waals surface area contributed by atoms with Crippen LogP contribution in [0, 0.1) is 6.92 Å². The van der Waals surface area contributed by atoms with Gasteiger partial charge < -0.3 is 9.88 Å². The van der Waals surface area contributed by atoms with Crippen molar-refractivity contribution in [1.82, 2.24) is 14.2 Å². The number of nitrogens with zero attached hydrogens (tertiary/aromatic N) is 2. The summed E-state index contributed by atoms with van der Waals surface area (Å²) in [7, 11) is -3.51. The van der Waals surface area contributed by atoms with Gasteiger partial charge in [0.15, 0.2) is 0 Å². The molecule has 1 fully saturated rings. The summed E-state index contributed by atoms with van der Waals surface area (Å²) in [6.07, 6.45) is 1.92. The molecule has 1 aliphatic rings. The Bertz CT molecular complexity index is 1170. The third-order valence-corrected chi connectivity index (χ3v) is 7.10. The van der Waals surface area contributed by atoms with Crippen LogP contribution in [0.5, 0.6) is 0 Å². The number of aromatic nitrogens is 1. The predicted molar refractivity (Wildman–Crippen MR) is 119 cm³/mol. The first-order valence-corrected chi connectivity index (χ1v) is 11.5. The number of fused-ring (bicyclic) bond motifs is 1. The molecule has 1 saturated heterocycles. The first kappa shape index (κ1) is 20.4. The maximum Gasteiger partial charge on any atom is 0.236 e.